The average molecular weight is 306 g/mol. The lowest BCUT2D eigenvalue weighted by Gasteiger charge is -2.32. The van der Waals surface area contributed by atoms with Gasteiger partial charge in [0.1, 0.15) is 5.75 Å². The van der Waals surface area contributed by atoms with Crippen molar-refractivity contribution in [2.24, 2.45) is 0 Å². The molecule has 1 heterocycles. The number of amides is 2. The molecule has 0 bridgehead atoms. The normalized spacial score (nSPS) is 17.9. The third-order valence-corrected chi connectivity index (χ3v) is 3.50. The fourth-order valence-corrected chi connectivity index (χ4v) is 2.20. The molecule has 1 aliphatic rings. The summed E-state index contributed by atoms with van der Waals surface area (Å²) in [6.45, 7) is 3.64. The number of benzene rings is 1. The second kappa shape index (κ2) is 8.38. The minimum atomic E-state index is -0.308. The van der Waals surface area contributed by atoms with Crippen LogP contribution in [0.3, 0.4) is 0 Å². The highest BCUT2D eigenvalue weighted by Gasteiger charge is 2.23. The first-order valence-corrected chi connectivity index (χ1v) is 7.53. The molecule has 0 aliphatic carbocycles. The molecule has 1 unspecified atom stereocenters. The quantitative estimate of drug-likeness (QED) is 0.845. The molecule has 1 atom stereocenters. The van der Waals surface area contributed by atoms with Crippen molar-refractivity contribution in [3.63, 3.8) is 0 Å². The van der Waals surface area contributed by atoms with Gasteiger partial charge in [-0.05, 0) is 18.6 Å². The smallest absolute Gasteiger partial charge is 0.258 e. The second-order valence-electron chi connectivity index (χ2n) is 5.12. The highest BCUT2D eigenvalue weighted by molar-refractivity contribution is 5.85. The zero-order valence-electron chi connectivity index (χ0n) is 12.8. The van der Waals surface area contributed by atoms with E-state index in [0.29, 0.717) is 25.4 Å². The molecule has 1 aromatic carbocycles. The Morgan fingerprint density at radius 2 is 2.14 bits per heavy atom. The van der Waals surface area contributed by atoms with Crippen molar-refractivity contribution >= 4 is 11.8 Å². The molecule has 6 nitrogen and oxygen atoms in total. The number of ether oxygens (including phenoxy) is 2. The van der Waals surface area contributed by atoms with Crippen LogP contribution in [0.5, 0.6) is 5.75 Å². The van der Waals surface area contributed by atoms with Crippen molar-refractivity contribution in [2.45, 2.75) is 19.4 Å². The molecule has 1 aliphatic heterocycles. The fraction of sp³-hybridized carbons (Fsp3) is 0.500. The van der Waals surface area contributed by atoms with Crippen LogP contribution in [-0.2, 0) is 14.3 Å². The summed E-state index contributed by atoms with van der Waals surface area (Å²) in [6.07, 6.45) is 0.968. The number of rotatable bonds is 6. The van der Waals surface area contributed by atoms with E-state index in [1.165, 1.54) is 0 Å². The monoisotopic (exact) mass is 306 g/mol. The molecule has 0 saturated carbocycles. The van der Waals surface area contributed by atoms with Gasteiger partial charge in [-0.25, -0.2) is 0 Å². The van der Waals surface area contributed by atoms with Crippen molar-refractivity contribution in [1.82, 2.24) is 10.2 Å². The maximum Gasteiger partial charge on any atom is 0.258 e. The second-order valence-corrected chi connectivity index (χ2v) is 5.12. The van der Waals surface area contributed by atoms with Crippen molar-refractivity contribution in [3.8, 4) is 5.75 Å². The molecule has 120 valence electrons. The van der Waals surface area contributed by atoms with Gasteiger partial charge in [-0.1, -0.05) is 25.1 Å². The van der Waals surface area contributed by atoms with Gasteiger partial charge in [0, 0.05) is 13.1 Å². The average Bonchev–Trinajstić information content (AvgIpc) is 2.58. The van der Waals surface area contributed by atoms with E-state index in [4.69, 9.17) is 9.47 Å². The number of nitrogens with zero attached hydrogens (tertiary/aromatic N) is 1. The van der Waals surface area contributed by atoms with Gasteiger partial charge in [-0.2, -0.15) is 0 Å². The Bertz CT molecular complexity index is 492. The Morgan fingerprint density at radius 3 is 2.86 bits per heavy atom. The topological polar surface area (TPSA) is 67.9 Å². The van der Waals surface area contributed by atoms with Crippen molar-refractivity contribution < 1.29 is 19.1 Å². The minimum Gasteiger partial charge on any atom is -0.484 e. The molecule has 2 amide bonds. The van der Waals surface area contributed by atoms with Crippen molar-refractivity contribution in [1.29, 1.82) is 0 Å². The van der Waals surface area contributed by atoms with Gasteiger partial charge < -0.3 is 19.7 Å². The highest BCUT2D eigenvalue weighted by atomic mass is 16.5. The number of para-hydroxylation sites is 1. The van der Waals surface area contributed by atoms with E-state index >= 15 is 0 Å². The van der Waals surface area contributed by atoms with Gasteiger partial charge in [-0.3, -0.25) is 9.59 Å². The SMILES string of the molecule is CCC1CN(C(=O)CNC(=O)COc2ccccc2)CCO1. The molecule has 0 radical (unpaired) electrons. The Hall–Kier alpha value is -2.08. The van der Waals surface area contributed by atoms with Gasteiger partial charge in [-0.15, -0.1) is 0 Å². The molecule has 0 aromatic heterocycles. The van der Waals surface area contributed by atoms with Crippen LogP contribution in [-0.4, -0.2) is 55.7 Å². The van der Waals surface area contributed by atoms with Crippen molar-refractivity contribution in [2.75, 3.05) is 32.8 Å². The van der Waals surface area contributed by atoms with E-state index in [1.54, 1.807) is 17.0 Å². The van der Waals surface area contributed by atoms with E-state index in [0.717, 1.165) is 6.42 Å². The molecule has 0 spiro atoms. The number of nitrogens with one attached hydrogen (secondary N) is 1. The predicted molar refractivity (Wildman–Crippen MR) is 81.6 cm³/mol. The summed E-state index contributed by atoms with van der Waals surface area (Å²) < 4.78 is 10.8. The molecular formula is C16H22N2O4. The summed E-state index contributed by atoms with van der Waals surface area (Å²) >= 11 is 0. The minimum absolute atomic E-state index is 0.00653. The van der Waals surface area contributed by atoms with Crippen LogP contribution in [0, 0.1) is 0 Å². The highest BCUT2D eigenvalue weighted by Crippen LogP contribution is 2.08. The Labute approximate surface area is 130 Å². The summed E-state index contributed by atoms with van der Waals surface area (Å²) in [7, 11) is 0. The van der Waals surface area contributed by atoms with Gasteiger partial charge in [0.05, 0.1) is 19.3 Å². The largest absolute Gasteiger partial charge is 0.484 e. The van der Waals surface area contributed by atoms with Gasteiger partial charge in [0.2, 0.25) is 5.91 Å². The summed E-state index contributed by atoms with van der Waals surface area (Å²) in [5, 5.41) is 2.59. The third kappa shape index (κ3) is 5.04. The standard InChI is InChI=1S/C16H22N2O4/c1-2-13-11-18(8-9-21-13)16(20)10-17-15(19)12-22-14-6-4-3-5-7-14/h3-7,13H,2,8-12H2,1H3,(H,17,19). The molecule has 1 aromatic rings. The van der Waals surface area contributed by atoms with Gasteiger partial charge >= 0.3 is 0 Å². The molecule has 6 heteroatoms. The number of carbonyl (C=O) groups excluding carboxylic acids is 2. The number of morpholine rings is 1. The summed E-state index contributed by atoms with van der Waals surface area (Å²) in [6, 6.07) is 9.09. The lowest BCUT2D eigenvalue weighted by Crippen LogP contribution is -2.49. The Kier molecular flexibility index (Phi) is 6.21. The number of hydrogen-bond acceptors (Lipinski definition) is 4. The number of hydrogen-bond donors (Lipinski definition) is 1. The van der Waals surface area contributed by atoms with Crippen LogP contribution < -0.4 is 10.1 Å². The molecule has 1 N–H and O–H groups in total. The van der Waals surface area contributed by atoms with Crippen LogP contribution in [0.25, 0.3) is 0 Å². The Morgan fingerprint density at radius 1 is 1.36 bits per heavy atom. The zero-order valence-corrected chi connectivity index (χ0v) is 12.8. The molecule has 1 saturated heterocycles. The van der Waals surface area contributed by atoms with Crippen LogP contribution in [0.2, 0.25) is 0 Å². The molecule has 2 rings (SSSR count). The third-order valence-electron chi connectivity index (χ3n) is 3.50. The summed E-state index contributed by atoms with van der Waals surface area (Å²) in [5.41, 5.74) is 0. The summed E-state index contributed by atoms with van der Waals surface area (Å²) in [4.78, 5) is 25.5. The first-order chi connectivity index (χ1) is 10.7. The first-order valence-electron chi connectivity index (χ1n) is 7.53. The van der Waals surface area contributed by atoms with E-state index in [-0.39, 0.29) is 31.1 Å². The van der Waals surface area contributed by atoms with Crippen LogP contribution in [0.1, 0.15) is 13.3 Å². The van der Waals surface area contributed by atoms with E-state index in [1.807, 2.05) is 25.1 Å². The van der Waals surface area contributed by atoms with Gasteiger partial charge in [0.15, 0.2) is 6.61 Å². The van der Waals surface area contributed by atoms with E-state index in [9.17, 15) is 9.59 Å². The fourth-order valence-electron chi connectivity index (χ4n) is 2.20. The molecule has 1 fully saturated rings. The maximum absolute atomic E-state index is 12.1. The van der Waals surface area contributed by atoms with Crippen molar-refractivity contribution in [3.05, 3.63) is 30.3 Å². The number of carbonyl (C=O) groups is 2. The van der Waals surface area contributed by atoms with Crippen LogP contribution in [0.4, 0.5) is 0 Å². The van der Waals surface area contributed by atoms with E-state index < -0.39 is 0 Å². The maximum atomic E-state index is 12.1. The van der Waals surface area contributed by atoms with Crippen LogP contribution >= 0.6 is 0 Å². The zero-order chi connectivity index (χ0) is 15.8. The van der Waals surface area contributed by atoms with Crippen LogP contribution in [0.15, 0.2) is 30.3 Å². The predicted octanol–water partition coefficient (Wildman–Crippen LogP) is 0.819. The Balaban J connectivity index is 1.68. The van der Waals surface area contributed by atoms with Gasteiger partial charge in [0.25, 0.3) is 5.91 Å². The lowest BCUT2D eigenvalue weighted by molar-refractivity contribution is -0.139. The molecule has 22 heavy (non-hydrogen) atoms. The molecular weight excluding hydrogens is 284 g/mol. The summed E-state index contributed by atoms with van der Waals surface area (Å²) in [5.74, 6) is 0.232. The lowest BCUT2D eigenvalue weighted by atomic mass is 10.2. The first kappa shape index (κ1) is 16.3. The van der Waals surface area contributed by atoms with E-state index in [2.05, 4.69) is 5.32 Å².